The van der Waals surface area contributed by atoms with E-state index in [4.69, 9.17) is 0 Å². The Hall–Kier alpha value is -2.90. The monoisotopic (exact) mass is 374 g/mol. The SMILES string of the molecule is Cc1nn(C)c2nc(C3CC3)cc(C(=O)Nc3cccc(C(F)(F)F)c3)c12. The highest BCUT2D eigenvalue weighted by Gasteiger charge is 2.31. The predicted molar refractivity (Wildman–Crippen MR) is 94.6 cm³/mol. The molecule has 2 heterocycles. The van der Waals surface area contributed by atoms with Crippen LogP contribution in [0.3, 0.4) is 0 Å². The molecule has 5 nitrogen and oxygen atoms in total. The summed E-state index contributed by atoms with van der Waals surface area (Å²) in [5, 5.41) is 7.53. The van der Waals surface area contributed by atoms with E-state index in [9.17, 15) is 18.0 Å². The van der Waals surface area contributed by atoms with Crippen LogP contribution in [-0.4, -0.2) is 20.7 Å². The summed E-state index contributed by atoms with van der Waals surface area (Å²) in [7, 11) is 1.76. The average molecular weight is 374 g/mol. The van der Waals surface area contributed by atoms with Gasteiger partial charge in [-0.25, -0.2) is 4.98 Å². The molecule has 1 aliphatic carbocycles. The topological polar surface area (TPSA) is 59.8 Å². The lowest BCUT2D eigenvalue weighted by Crippen LogP contribution is -2.14. The average Bonchev–Trinajstić information content (AvgIpc) is 3.41. The molecule has 0 saturated heterocycles. The van der Waals surface area contributed by atoms with E-state index in [1.165, 1.54) is 12.1 Å². The fraction of sp³-hybridized carbons (Fsp3) is 0.316. The van der Waals surface area contributed by atoms with Crippen LogP contribution in [0, 0.1) is 6.92 Å². The summed E-state index contributed by atoms with van der Waals surface area (Å²) in [6.45, 7) is 1.78. The molecule has 1 amide bonds. The number of nitrogens with zero attached hydrogens (tertiary/aromatic N) is 3. The number of aryl methyl sites for hydroxylation is 2. The van der Waals surface area contributed by atoms with Gasteiger partial charge in [-0.2, -0.15) is 18.3 Å². The molecule has 1 N–H and O–H groups in total. The summed E-state index contributed by atoms with van der Waals surface area (Å²) in [4.78, 5) is 17.5. The van der Waals surface area contributed by atoms with E-state index >= 15 is 0 Å². The number of alkyl halides is 3. The van der Waals surface area contributed by atoms with Gasteiger partial charge in [0.05, 0.1) is 22.2 Å². The van der Waals surface area contributed by atoms with Crippen molar-refractivity contribution in [2.24, 2.45) is 7.05 Å². The quantitative estimate of drug-likeness (QED) is 0.738. The van der Waals surface area contributed by atoms with E-state index in [0.717, 1.165) is 30.7 Å². The molecular formula is C19H17F3N4O. The molecule has 0 radical (unpaired) electrons. The number of pyridine rings is 1. The van der Waals surface area contributed by atoms with Crippen molar-refractivity contribution in [2.45, 2.75) is 31.9 Å². The number of fused-ring (bicyclic) bond motifs is 1. The van der Waals surface area contributed by atoms with Crippen LogP contribution >= 0.6 is 0 Å². The van der Waals surface area contributed by atoms with E-state index in [1.54, 1.807) is 24.7 Å². The molecule has 1 saturated carbocycles. The van der Waals surface area contributed by atoms with Crippen molar-refractivity contribution in [2.75, 3.05) is 5.32 Å². The van der Waals surface area contributed by atoms with E-state index in [1.807, 2.05) is 0 Å². The molecule has 1 aliphatic rings. The number of benzene rings is 1. The van der Waals surface area contributed by atoms with Crippen LogP contribution in [0.4, 0.5) is 18.9 Å². The zero-order valence-electron chi connectivity index (χ0n) is 14.8. The Kier molecular flexibility index (Phi) is 3.94. The molecule has 1 fully saturated rings. The van der Waals surface area contributed by atoms with E-state index in [0.29, 0.717) is 28.2 Å². The Morgan fingerprint density at radius 1 is 1.26 bits per heavy atom. The van der Waals surface area contributed by atoms with Gasteiger partial charge in [0.25, 0.3) is 5.91 Å². The maximum atomic E-state index is 12.9. The largest absolute Gasteiger partial charge is 0.416 e. The minimum atomic E-state index is -4.47. The first-order valence-electron chi connectivity index (χ1n) is 8.57. The van der Waals surface area contributed by atoms with Gasteiger partial charge in [-0.15, -0.1) is 0 Å². The molecule has 4 rings (SSSR count). The van der Waals surface area contributed by atoms with Gasteiger partial charge in [0.15, 0.2) is 5.65 Å². The highest BCUT2D eigenvalue weighted by Crippen LogP contribution is 2.40. The highest BCUT2D eigenvalue weighted by molar-refractivity contribution is 6.12. The predicted octanol–water partition coefficient (Wildman–Crippen LogP) is 4.43. The van der Waals surface area contributed by atoms with Gasteiger partial charge in [-0.3, -0.25) is 9.48 Å². The van der Waals surface area contributed by atoms with Gasteiger partial charge in [0, 0.05) is 24.3 Å². The first kappa shape index (κ1) is 17.5. The van der Waals surface area contributed by atoms with Gasteiger partial charge in [-0.1, -0.05) is 6.07 Å². The lowest BCUT2D eigenvalue weighted by molar-refractivity contribution is -0.137. The molecule has 3 aromatic rings. The number of halogens is 3. The molecule has 0 bridgehead atoms. The molecule has 1 aromatic carbocycles. The summed E-state index contributed by atoms with van der Waals surface area (Å²) < 4.78 is 40.3. The Labute approximate surface area is 153 Å². The number of anilines is 1. The van der Waals surface area contributed by atoms with Crippen LogP contribution in [0.15, 0.2) is 30.3 Å². The Morgan fingerprint density at radius 2 is 2.00 bits per heavy atom. The molecule has 0 spiro atoms. The van der Waals surface area contributed by atoms with Crippen LogP contribution in [0.25, 0.3) is 11.0 Å². The zero-order valence-corrected chi connectivity index (χ0v) is 14.8. The maximum absolute atomic E-state index is 12.9. The Morgan fingerprint density at radius 3 is 2.67 bits per heavy atom. The second kappa shape index (κ2) is 6.07. The molecule has 0 unspecified atom stereocenters. The number of carbonyl (C=O) groups is 1. The summed E-state index contributed by atoms with van der Waals surface area (Å²) in [5.41, 5.74) is 1.73. The van der Waals surface area contributed by atoms with Gasteiger partial charge < -0.3 is 5.32 Å². The van der Waals surface area contributed by atoms with Crippen LogP contribution in [0.1, 0.15) is 46.1 Å². The van der Waals surface area contributed by atoms with Crippen LogP contribution in [0.5, 0.6) is 0 Å². The molecule has 27 heavy (non-hydrogen) atoms. The van der Waals surface area contributed by atoms with Crippen LogP contribution < -0.4 is 5.32 Å². The minimum Gasteiger partial charge on any atom is -0.322 e. The fourth-order valence-corrected chi connectivity index (χ4v) is 3.20. The highest BCUT2D eigenvalue weighted by atomic mass is 19.4. The summed E-state index contributed by atoms with van der Waals surface area (Å²) in [6, 6.07) is 6.33. The Balaban J connectivity index is 1.75. The first-order valence-corrected chi connectivity index (χ1v) is 8.57. The van der Waals surface area contributed by atoms with Crippen molar-refractivity contribution in [3.63, 3.8) is 0 Å². The van der Waals surface area contributed by atoms with Crippen molar-refractivity contribution in [3.05, 3.63) is 52.8 Å². The number of aromatic nitrogens is 3. The normalized spacial score (nSPS) is 14.6. The molecule has 140 valence electrons. The summed E-state index contributed by atoms with van der Waals surface area (Å²) in [6.07, 6.45) is -2.43. The number of nitrogens with one attached hydrogen (secondary N) is 1. The van der Waals surface area contributed by atoms with E-state index in [-0.39, 0.29) is 5.69 Å². The number of hydrogen-bond donors (Lipinski definition) is 1. The third-order valence-corrected chi connectivity index (χ3v) is 4.68. The lowest BCUT2D eigenvalue weighted by Gasteiger charge is -2.11. The Bertz CT molecular complexity index is 1050. The summed E-state index contributed by atoms with van der Waals surface area (Å²) >= 11 is 0. The van der Waals surface area contributed by atoms with Gasteiger partial charge in [-0.05, 0) is 44.0 Å². The van der Waals surface area contributed by atoms with E-state index < -0.39 is 17.6 Å². The van der Waals surface area contributed by atoms with Crippen molar-refractivity contribution in [3.8, 4) is 0 Å². The number of hydrogen-bond acceptors (Lipinski definition) is 3. The molecular weight excluding hydrogens is 357 g/mol. The standard InChI is InChI=1S/C19H17F3N4O/c1-10-16-14(9-15(11-6-7-11)24-17(16)26(2)25-10)18(27)23-13-5-3-4-12(8-13)19(20,21)22/h3-5,8-9,11H,6-7H2,1-2H3,(H,23,27). The molecule has 0 atom stereocenters. The maximum Gasteiger partial charge on any atom is 0.416 e. The number of rotatable bonds is 3. The minimum absolute atomic E-state index is 0.0919. The number of carbonyl (C=O) groups excluding carboxylic acids is 1. The van der Waals surface area contributed by atoms with E-state index in [2.05, 4.69) is 15.4 Å². The second-order valence-electron chi connectivity index (χ2n) is 6.81. The fourth-order valence-electron chi connectivity index (χ4n) is 3.20. The summed E-state index contributed by atoms with van der Waals surface area (Å²) in [5.74, 6) is -0.149. The molecule has 8 heteroatoms. The second-order valence-corrected chi connectivity index (χ2v) is 6.81. The van der Waals surface area contributed by atoms with Crippen molar-refractivity contribution in [1.29, 1.82) is 0 Å². The van der Waals surface area contributed by atoms with Crippen molar-refractivity contribution in [1.82, 2.24) is 14.8 Å². The van der Waals surface area contributed by atoms with Crippen LogP contribution in [0.2, 0.25) is 0 Å². The zero-order chi connectivity index (χ0) is 19.3. The van der Waals surface area contributed by atoms with Crippen LogP contribution in [-0.2, 0) is 13.2 Å². The first-order chi connectivity index (χ1) is 12.7. The van der Waals surface area contributed by atoms with Gasteiger partial charge >= 0.3 is 6.18 Å². The lowest BCUT2D eigenvalue weighted by atomic mass is 10.1. The third-order valence-electron chi connectivity index (χ3n) is 4.68. The number of amides is 1. The van der Waals surface area contributed by atoms with Crippen molar-refractivity contribution < 1.29 is 18.0 Å². The third kappa shape index (κ3) is 3.27. The van der Waals surface area contributed by atoms with Crippen molar-refractivity contribution >= 4 is 22.6 Å². The molecule has 0 aliphatic heterocycles. The van der Waals surface area contributed by atoms with Gasteiger partial charge in [0.2, 0.25) is 0 Å². The molecule has 2 aromatic heterocycles. The van der Waals surface area contributed by atoms with Gasteiger partial charge in [0.1, 0.15) is 0 Å². The smallest absolute Gasteiger partial charge is 0.322 e.